The number of hydrogen-bond donors (Lipinski definition) is 1. The number of benzene rings is 1. The zero-order valence-corrected chi connectivity index (χ0v) is 23.2. The van der Waals surface area contributed by atoms with Crippen LogP contribution in [-0.2, 0) is 25.5 Å². The molecule has 0 aromatic heterocycles. The van der Waals surface area contributed by atoms with Crippen LogP contribution in [0.25, 0.3) is 0 Å². The maximum atomic E-state index is 13.5. The molecule has 2 atom stereocenters. The summed E-state index contributed by atoms with van der Waals surface area (Å²) in [4.78, 5) is 4.31. The minimum Gasteiger partial charge on any atom is -0.376 e. The Kier molecular flexibility index (Phi) is 8.15. The van der Waals surface area contributed by atoms with Gasteiger partial charge in [-0.05, 0) is 30.7 Å². The van der Waals surface area contributed by atoms with Gasteiger partial charge in [-0.1, -0.05) is 36.5 Å². The largest absolute Gasteiger partial charge is 0.421 e. The van der Waals surface area contributed by atoms with Crippen LogP contribution >= 0.6 is 12.2 Å². The van der Waals surface area contributed by atoms with E-state index in [2.05, 4.69) is 0 Å². The first-order valence-corrected chi connectivity index (χ1v) is 15.8. The molecule has 0 amide bonds. The minimum atomic E-state index is -4.85. The van der Waals surface area contributed by atoms with Crippen molar-refractivity contribution in [1.29, 1.82) is 0 Å². The van der Waals surface area contributed by atoms with E-state index < -0.39 is 37.7 Å². The van der Waals surface area contributed by atoms with Crippen LogP contribution in [0.2, 0.25) is 0 Å². The van der Waals surface area contributed by atoms with Gasteiger partial charge < -0.3 is 10.0 Å². The summed E-state index contributed by atoms with van der Waals surface area (Å²) in [6, 6.07) is 5.00. The summed E-state index contributed by atoms with van der Waals surface area (Å²) in [5, 5.41) is 10.0. The van der Waals surface area contributed by atoms with Crippen molar-refractivity contribution in [3.8, 4) is 0 Å². The van der Waals surface area contributed by atoms with Gasteiger partial charge in [-0.15, -0.1) is 0 Å². The number of allylic oxidation sites excluding steroid dienone is 4. The van der Waals surface area contributed by atoms with Gasteiger partial charge in [-0.2, -0.15) is 17.5 Å². The summed E-state index contributed by atoms with van der Waals surface area (Å²) in [5.74, 6) is 0.0207. The first kappa shape index (κ1) is 29.2. The molecule has 4 rings (SSSR count). The number of alkyl halides is 3. The van der Waals surface area contributed by atoms with Crippen molar-refractivity contribution in [3.63, 3.8) is 0 Å². The van der Waals surface area contributed by atoms with Crippen LogP contribution in [0.15, 0.2) is 47.4 Å². The van der Waals surface area contributed by atoms with Crippen LogP contribution < -0.4 is 4.90 Å². The molecule has 14 heteroatoms. The van der Waals surface area contributed by atoms with Gasteiger partial charge in [0.1, 0.15) is 0 Å². The molecule has 38 heavy (non-hydrogen) atoms. The highest BCUT2D eigenvalue weighted by molar-refractivity contribution is 7.96. The van der Waals surface area contributed by atoms with Gasteiger partial charge in [0, 0.05) is 56.2 Å². The average molecular weight is 594 g/mol. The van der Waals surface area contributed by atoms with Crippen molar-refractivity contribution in [3.05, 3.63) is 53.0 Å². The third kappa shape index (κ3) is 5.99. The Morgan fingerprint density at radius 2 is 1.71 bits per heavy atom. The lowest BCUT2D eigenvalue weighted by molar-refractivity contribution is -0.258. The van der Waals surface area contributed by atoms with Gasteiger partial charge in [-0.3, -0.25) is 4.90 Å². The Bertz CT molecular complexity index is 1330. The molecule has 0 bridgehead atoms. The molecule has 8 nitrogen and oxygen atoms in total. The fourth-order valence-corrected chi connectivity index (χ4v) is 8.15. The highest BCUT2D eigenvalue weighted by Gasteiger charge is 2.51. The second kappa shape index (κ2) is 10.6. The molecular formula is C24H30F3N3O5S3. The molecule has 210 valence electrons. The van der Waals surface area contributed by atoms with Gasteiger partial charge >= 0.3 is 6.18 Å². The molecule has 0 radical (unpaired) electrons. The number of anilines is 1. The first-order valence-electron chi connectivity index (χ1n) is 12.1. The average Bonchev–Trinajstić information content (AvgIpc) is 2.85. The van der Waals surface area contributed by atoms with Crippen LogP contribution in [0.5, 0.6) is 0 Å². The molecule has 1 aliphatic carbocycles. The first-order chi connectivity index (χ1) is 17.6. The molecule has 1 aromatic rings. The summed E-state index contributed by atoms with van der Waals surface area (Å²) in [5.41, 5.74) is -2.75. The summed E-state index contributed by atoms with van der Waals surface area (Å²) in [6.07, 6.45) is 0.437. The maximum absolute atomic E-state index is 13.5. The number of thiocarbonyl (C=S) groups is 1. The van der Waals surface area contributed by atoms with Gasteiger partial charge in [-0.25, -0.2) is 16.8 Å². The summed E-state index contributed by atoms with van der Waals surface area (Å²) < 4.78 is 92.0. The number of sulfone groups is 1. The van der Waals surface area contributed by atoms with Gasteiger partial charge in [0.15, 0.2) is 15.4 Å². The van der Waals surface area contributed by atoms with Gasteiger partial charge in [0.05, 0.1) is 22.5 Å². The molecule has 0 spiro atoms. The number of halogens is 3. The summed E-state index contributed by atoms with van der Waals surface area (Å²) in [7, 11) is -6.98. The maximum Gasteiger partial charge on any atom is 0.421 e. The highest BCUT2D eigenvalue weighted by Crippen LogP contribution is 2.39. The van der Waals surface area contributed by atoms with Crippen LogP contribution in [0.3, 0.4) is 0 Å². The van der Waals surface area contributed by atoms with Crippen molar-refractivity contribution < 1.29 is 35.1 Å². The lowest BCUT2D eigenvalue weighted by Gasteiger charge is -2.44. The lowest BCUT2D eigenvalue weighted by atomic mass is 9.95. The number of rotatable bonds is 6. The number of sulfonamides is 1. The molecule has 1 aromatic carbocycles. The lowest BCUT2D eigenvalue weighted by Crippen LogP contribution is -2.59. The number of nitrogens with zero attached hydrogens (tertiary/aromatic N) is 3. The predicted octanol–water partition coefficient (Wildman–Crippen LogP) is 2.22. The topological polar surface area (TPSA) is 98.2 Å². The van der Waals surface area contributed by atoms with Crippen molar-refractivity contribution in [2.45, 2.75) is 31.2 Å². The molecular weight excluding hydrogens is 563 g/mol. The molecule has 2 saturated heterocycles. The highest BCUT2D eigenvalue weighted by atomic mass is 32.2. The third-order valence-corrected chi connectivity index (χ3v) is 11.3. The minimum absolute atomic E-state index is 0.0104. The monoisotopic (exact) mass is 593 g/mol. The van der Waals surface area contributed by atoms with E-state index in [-0.39, 0.29) is 41.6 Å². The van der Waals surface area contributed by atoms with E-state index in [4.69, 9.17) is 12.2 Å². The third-order valence-electron chi connectivity index (χ3n) is 7.24. The van der Waals surface area contributed by atoms with E-state index in [1.54, 1.807) is 12.2 Å². The Balaban J connectivity index is 1.60. The van der Waals surface area contributed by atoms with E-state index in [9.17, 15) is 35.1 Å². The van der Waals surface area contributed by atoms with Crippen LogP contribution in [-0.4, -0.2) is 99.0 Å². The Hall–Kier alpha value is -1.84. The van der Waals surface area contributed by atoms with E-state index in [1.807, 2.05) is 9.80 Å². The molecule has 2 fully saturated rings. The van der Waals surface area contributed by atoms with Gasteiger partial charge in [0.25, 0.3) is 0 Å². The molecule has 0 saturated carbocycles. The van der Waals surface area contributed by atoms with Crippen molar-refractivity contribution in [2.24, 2.45) is 0 Å². The van der Waals surface area contributed by atoms with Crippen molar-refractivity contribution in [1.82, 2.24) is 9.21 Å². The van der Waals surface area contributed by atoms with E-state index in [0.717, 1.165) is 0 Å². The zero-order chi connectivity index (χ0) is 27.9. The smallest absolute Gasteiger partial charge is 0.376 e. The normalized spacial score (nSPS) is 25.2. The fourth-order valence-electron chi connectivity index (χ4n) is 4.81. The quantitative estimate of drug-likeness (QED) is 0.502. The fraction of sp³-hybridized carbons (Fsp3) is 0.542. The van der Waals surface area contributed by atoms with Crippen molar-refractivity contribution >= 4 is 42.6 Å². The number of aliphatic hydroxyl groups is 1. The molecule has 0 unspecified atom stereocenters. The number of piperazine rings is 1. The second-order valence-corrected chi connectivity index (χ2v) is 14.6. The van der Waals surface area contributed by atoms with Gasteiger partial charge in [0.2, 0.25) is 10.0 Å². The SMILES string of the molecule is C[C@@](O)(c1ccc(N2CCN(S(=O)(=O)C3=CC=CCC3=S)C[C@@H]2CN2CCS(=O)(=O)CC2)cc1)C(F)(F)F. The Morgan fingerprint density at radius 3 is 2.29 bits per heavy atom. The van der Waals surface area contributed by atoms with Crippen LogP contribution in [0.4, 0.5) is 18.9 Å². The zero-order valence-electron chi connectivity index (χ0n) is 20.8. The van der Waals surface area contributed by atoms with Crippen molar-refractivity contribution in [2.75, 3.05) is 55.7 Å². The summed E-state index contributed by atoms with van der Waals surface area (Å²) in [6.45, 7) is 2.18. The molecule has 1 N–H and O–H groups in total. The van der Waals surface area contributed by atoms with Crippen LogP contribution in [0, 0.1) is 0 Å². The summed E-state index contributed by atoms with van der Waals surface area (Å²) >= 11 is 5.29. The Morgan fingerprint density at radius 1 is 1.08 bits per heavy atom. The van der Waals surface area contributed by atoms with Crippen LogP contribution in [0.1, 0.15) is 18.9 Å². The van der Waals surface area contributed by atoms with E-state index >= 15 is 0 Å². The second-order valence-electron chi connectivity index (χ2n) is 9.87. The molecule has 3 aliphatic rings. The standard InChI is InChI=1S/C24H30F3N3O5S3/c1-23(31,24(25,26)27)18-6-8-19(9-7-18)30-11-10-29(38(34,35)22-5-3-2-4-21(22)36)17-20(30)16-28-12-14-37(32,33)15-13-28/h2-3,5-9,20,31H,4,10-17H2,1H3/t20-,23+/m0/s1. The Labute approximate surface area is 226 Å². The predicted molar refractivity (Wildman–Crippen MR) is 143 cm³/mol. The molecule has 2 heterocycles. The van der Waals surface area contributed by atoms with E-state index in [1.165, 1.54) is 34.6 Å². The number of hydrogen-bond acceptors (Lipinski definition) is 8. The molecule has 2 aliphatic heterocycles. The van der Waals surface area contributed by atoms with E-state index in [0.29, 0.717) is 43.5 Å².